The molecule has 0 heterocycles. The van der Waals surface area contributed by atoms with E-state index >= 15 is 0 Å². The Kier molecular flexibility index (Phi) is 3.59. The van der Waals surface area contributed by atoms with E-state index in [1.54, 1.807) is 0 Å². The fourth-order valence-corrected chi connectivity index (χ4v) is 1.28. The van der Waals surface area contributed by atoms with Gasteiger partial charge in [0.1, 0.15) is 5.75 Å². The predicted octanol–water partition coefficient (Wildman–Crippen LogP) is 4.25. The van der Waals surface area contributed by atoms with E-state index in [2.05, 4.69) is 4.74 Å². The van der Waals surface area contributed by atoms with Crippen molar-refractivity contribution >= 4 is 34.8 Å². The molecule has 1 rings (SSSR count). The summed E-state index contributed by atoms with van der Waals surface area (Å²) < 4.78 is 27.6. The highest BCUT2D eigenvalue weighted by Gasteiger charge is 2.09. The van der Waals surface area contributed by atoms with Crippen LogP contribution in [0.25, 0.3) is 0 Å². The van der Waals surface area contributed by atoms with Crippen molar-refractivity contribution in [1.29, 1.82) is 0 Å². The standard InChI is InChI=1S/C7H3Cl3F2O/c8-4-1-3(13-7(11)12)2-5(9)6(4)10/h1-2,7H. The number of halogens is 5. The molecule has 0 unspecified atom stereocenters. The lowest BCUT2D eigenvalue weighted by molar-refractivity contribution is -0.0498. The number of benzene rings is 1. The first-order valence-corrected chi connectivity index (χ1v) is 4.23. The van der Waals surface area contributed by atoms with Gasteiger partial charge in [-0.1, -0.05) is 34.8 Å². The molecule has 13 heavy (non-hydrogen) atoms. The topological polar surface area (TPSA) is 9.23 Å². The average Bonchev–Trinajstić information content (AvgIpc) is 1.98. The van der Waals surface area contributed by atoms with Gasteiger partial charge in [-0.15, -0.1) is 0 Å². The maximum absolute atomic E-state index is 11.7. The Morgan fingerprint density at radius 2 is 1.54 bits per heavy atom. The summed E-state index contributed by atoms with van der Waals surface area (Å²) in [6.45, 7) is -2.91. The highest BCUT2D eigenvalue weighted by Crippen LogP contribution is 2.34. The summed E-state index contributed by atoms with van der Waals surface area (Å²) in [7, 11) is 0. The summed E-state index contributed by atoms with van der Waals surface area (Å²) in [6, 6.07) is 2.34. The lowest BCUT2D eigenvalue weighted by Gasteiger charge is -2.06. The summed E-state index contributed by atoms with van der Waals surface area (Å²) in [5, 5.41) is 0.264. The molecule has 6 heteroatoms. The van der Waals surface area contributed by atoms with E-state index in [0.717, 1.165) is 0 Å². The monoisotopic (exact) mass is 246 g/mol. The van der Waals surface area contributed by atoms with Crippen LogP contribution in [0.2, 0.25) is 15.1 Å². The van der Waals surface area contributed by atoms with Crippen molar-refractivity contribution in [3.05, 3.63) is 27.2 Å². The molecule has 0 atom stereocenters. The van der Waals surface area contributed by atoms with E-state index in [9.17, 15) is 8.78 Å². The highest BCUT2D eigenvalue weighted by molar-refractivity contribution is 6.48. The van der Waals surface area contributed by atoms with Gasteiger partial charge in [-0.05, 0) is 0 Å². The van der Waals surface area contributed by atoms with Gasteiger partial charge in [-0.2, -0.15) is 8.78 Å². The normalized spacial score (nSPS) is 10.6. The third-order valence-electron chi connectivity index (χ3n) is 1.18. The first-order valence-electron chi connectivity index (χ1n) is 3.10. The Morgan fingerprint density at radius 1 is 1.08 bits per heavy atom. The Balaban J connectivity index is 2.99. The Morgan fingerprint density at radius 3 is 1.92 bits per heavy atom. The van der Waals surface area contributed by atoms with Crippen LogP contribution in [0.5, 0.6) is 5.75 Å². The average molecular weight is 247 g/mol. The van der Waals surface area contributed by atoms with Crippen molar-refractivity contribution < 1.29 is 13.5 Å². The van der Waals surface area contributed by atoms with Crippen molar-refractivity contribution in [3.8, 4) is 5.75 Å². The van der Waals surface area contributed by atoms with Crippen molar-refractivity contribution in [2.24, 2.45) is 0 Å². The van der Waals surface area contributed by atoms with E-state index in [1.165, 1.54) is 12.1 Å². The molecule has 0 spiro atoms. The molecule has 72 valence electrons. The van der Waals surface area contributed by atoms with Crippen molar-refractivity contribution in [1.82, 2.24) is 0 Å². The van der Waals surface area contributed by atoms with Gasteiger partial charge in [0.15, 0.2) is 0 Å². The fourth-order valence-electron chi connectivity index (χ4n) is 0.703. The van der Waals surface area contributed by atoms with Crippen molar-refractivity contribution in [2.45, 2.75) is 6.61 Å². The molecule has 0 aliphatic heterocycles. The van der Waals surface area contributed by atoms with E-state index in [1.807, 2.05) is 0 Å². The van der Waals surface area contributed by atoms with Gasteiger partial charge < -0.3 is 4.74 Å². The molecule has 0 aromatic heterocycles. The van der Waals surface area contributed by atoms with Crippen LogP contribution in [-0.2, 0) is 0 Å². The summed E-state index contributed by atoms with van der Waals surface area (Å²) in [6.07, 6.45) is 0. The van der Waals surface area contributed by atoms with Gasteiger partial charge >= 0.3 is 6.61 Å². The van der Waals surface area contributed by atoms with Gasteiger partial charge in [0.25, 0.3) is 0 Å². The van der Waals surface area contributed by atoms with E-state index in [-0.39, 0.29) is 20.8 Å². The van der Waals surface area contributed by atoms with Crippen LogP contribution in [0.4, 0.5) is 8.78 Å². The van der Waals surface area contributed by atoms with Crippen LogP contribution in [0, 0.1) is 0 Å². The zero-order valence-corrected chi connectivity index (χ0v) is 8.30. The molecule has 1 nitrogen and oxygen atoms in total. The van der Waals surface area contributed by atoms with Gasteiger partial charge in [0.05, 0.1) is 15.1 Å². The lowest BCUT2D eigenvalue weighted by Crippen LogP contribution is -2.01. The second-order valence-corrected chi connectivity index (χ2v) is 3.27. The Labute approximate surface area is 88.2 Å². The molecular weight excluding hydrogens is 244 g/mol. The highest BCUT2D eigenvalue weighted by atomic mass is 35.5. The van der Waals surface area contributed by atoms with E-state index in [0.29, 0.717) is 0 Å². The quantitative estimate of drug-likeness (QED) is 0.710. The number of alkyl halides is 2. The van der Waals surface area contributed by atoms with Crippen molar-refractivity contribution in [3.63, 3.8) is 0 Å². The van der Waals surface area contributed by atoms with Crippen LogP contribution >= 0.6 is 34.8 Å². The minimum absolute atomic E-state index is 0.0739. The predicted molar refractivity (Wildman–Crippen MR) is 48.1 cm³/mol. The maximum Gasteiger partial charge on any atom is 0.387 e. The SMILES string of the molecule is FC(F)Oc1cc(Cl)c(Cl)c(Cl)c1. The second-order valence-electron chi connectivity index (χ2n) is 2.08. The van der Waals surface area contributed by atoms with Crippen LogP contribution in [0.15, 0.2) is 12.1 Å². The smallest absolute Gasteiger partial charge is 0.387 e. The molecule has 0 amide bonds. The van der Waals surface area contributed by atoms with Gasteiger partial charge in [0.2, 0.25) is 0 Å². The number of hydrogen-bond acceptors (Lipinski definition) is 1. The number of rotatable bonds is 2. The third kappa shape index (κ3) is 2.86. The summed E-state index contributed by atoms with van der Waals surface area (Å²) >= 11 is 16.7. The van der Waals surface area contributed by atoms with Crippen LogP contribution in [-0.4, -0.2) is 6.61 Å². The summed E-state index contributed by atoms with van der Waals surface area (Å²) in [5.41, 5.74) is 0. The molecule has 1 aromatic carbocycles. The zero-order valence-electron chi connectivity index (χ0n) is 6.03. The molecule has 0 aliphatic rings. The molecule has 0 bridgehead atoms. The summed E-state index contributed by atoms with van der Waals surface area (Å²) in [5.74, 6) is -0.116. The molecule has 0 aliphatic carbocycles. The van der Waals surface area contributed by atoms with Crippen LogP contribution < -0.4 is 4.74 Å². The van der Waals surface area contributed by atoms with Crippen LogP contribution in [0.3, 0.4) is 0 Å². The van der Waals surface area contributed by atoms with Crippen molar-refractivity contribution in [2.75, 3.05) is 0 Å². The number of ether oxygens (including phenoxy) is 1. The molecule has 0 N–H and O–H groups in total. The van der Waals surface area contributed by atoms with Gasteiger partial charge in [0, 0.05) is 12.1 Å². The van der Waals surface area contributed by atoms with Gasteiger partial charge in [-0.25, -0.2) is 0 Å². The molecule has 1 aromatic rings. The first kappa shape index (κ1) is 10.8. The lowest BCUT2D eigenvalue weighted by atomic mass is 10.3. The van der Waals surface area contributed by atoms with Crippen LogP contribution in [0.1, 0.15) is 0 Å². The Bertz CT molecular complexity index is 294. The first-order chi connectivity index (χ1) is 6.00. The molecule has 0 fully saturated rings. The maximum atomic E-state index is 11.7. The summed E-state index contributed by atoms with van der Waals surface area (Å²) in [4.78, 5) is 0. The molecule has 0 saturated carbocycles. The largest absolute Gasteiger partial charge is 0.435 e. The van der Waals surface area contributed by atoms with E-state index in [4.69, 9.17) is 34.8 Å². The third-order valence-corrected chi connectivity index (χ3v) is 2.38. The minimum Gasteiger partial charge on any atom is -0.435 e. The molecule has 0 saturated heterocycles. The fraction of sp³-hybridized carbons (Fsp3) is 0.143. The molecular formula is C7H3Cl3F2O. The molecule has 0 radical (unpaired) electrons. The Hall–Kier alpha value is -0.250. The van der Waals surface area contributed by atoms with Gasteiger partial charge in [-0.3, -0.25) is 0 Å². The number of hydrogen-bond donors (Lipinski definition) is 0. The van der Waals surface area contributed by atoms with E-state index < -0.39 is 6.61 Å². The minimum atomic E-state index is -2.91. The second kappa shape index (κ2) is 4.31. The zero-order chi connectivity index (χ0) is 10.0.